The molecule has 1 atom stereocenters. The van der Waals surface area contributed by atoms with Crippen molar-refractivity contribution in [2.45, 2.75) is 40.0 Å². The average molecular weight is 292 g/mol. The molecule has 2 rings (SSSR count). The minimum Gasteiger partial charge on any atom is -0.398 e. The molecule has 2 N–H and O–H groups in total. The van der Waals surface area contributed by atoms with Gasteiger partial charge >= 0.3 is 0 Å². The van der Waals surface area contributed by atoms with E-state index >= 15 is 0 Å². The zero-order valence-electron chi connectivity index (χ0n) is 13.2. The Kier molecular flexibility index (Phi) is 4.86. The average Bonchev–Trinajstić information content (AvgIpc) is 2.69. The van der Waals surface area contributed by atoms with Crippen molar-refractivity contribution in [2.75, 3.05) is 18.8 Å². The highest BCUT2D eigenvalue weighted by atomic mass is 19.1. The van der Waals surface area contributed by atoms with E-state index in [0.717, 1.165) is 32.4 Å². The quantitative estimate of drug-likeness (QED) is 0.846. The molecule has 1 aromatic carbocycles. The lowest BCUT2D eigenvalue weighted by Crippen LogP contribution is -2.32. The number of nitrogens with zero attached hydrogens (tertiary/aromatic N) is 1. The fourth-order valence-electron chi connectivity index (χ4n) is 3.00. The molecule has 1 aliphatic heterocycles. The van der Waals surface area contributed by atoms with Gasteiger partial charge in [0.15, 0.2) is 0 Å². The lowest BCUT2D eigenvalue weighted by molar-refractivity contribution is 0.0758. The molecule has 1 aliphatic rings. The molecule has 1 aromatic rings. The zero-order valence-corrected chi connectivity index (χ0v) is 13.2. The van der Waals surface area contributed by atoms with E-state index in [2.05, 4.69) is 13.8 Å². The molecule has 116 valence electrons. The zero-order chi connectivity index (χ0) is 15.6. The van der Waals surface area contributed by atoms with Gasteiger partial charge in [-0.1, -0.05) is 13.8 Å². The number of nitrogen functional groups attached to an aromatic ring is 1. The molecule has 0 aromatic heterocycles. The first-order valence-corrected chi connectivity index (χ1v) is 7.75. The van der Waals surface area contributed by atoms with Gasteiger partial charge in [-0.25, -0.2) is 4.39 Å². The number of amides is 1. The van der Waals surface area contributed by atoms with Crippen LogP contribution in [0.1, 0.15) is 49.0 Å². The van der Waals surface area contributed by atoms with Gasteiger partial charge in [0, 0.05) is 29.9 Å². The van der Waals surface area contributed by atoms with Crippen molar-refractivity contribution in [1.82, 2.24) is 4.90 Å². The van der Waals surface area contributed by atoms with Crippen molar-refractivity contribution in [3.63, 3.8) is 0 Å². The van der Waals surface area contributed by atoms with Crippen molar-refractivity contribution in [1.29, 1.82) is 0 Å². The molecule has 1 fully saturated rings. The minimum atomic E-state index is -0.409. The summed E-state index contributed by atoms with van der Waals surface area (Å²) in [5.74, 6) is 0.799. The number of benzene rings is 1. The SMILES string of the molecule is Cc1c(N)cc(C(=O)N2CCCC(C(C)C)CC2)cc1F. The second-order valence-electron chi connectivity index (χ2n) is 6.40. The summed E-state index contributed by atoms with van der Waals surface area (Å²) in [5.41, 5.74) is 6.88. The fraction of sp³-hybridized carbons (Fsp3) is 0.588. The van der Waals surface area contributed by atoms with E-state index in [1.165, 1.54) is 6.07 Å². The van der Waals surface area contributed by atoms with E-state index in [4.69, 9.17) is 5.73 Å². The highest BCUT2D eigenvalue weighted by Crippen LogP contribution is 2.26. The second-order valence-corrected chi connectivity index (χ2v) is 6.40. The molecule has 1 amide bonds. The number of nitrogens with two attached hydrogens (primary N) is 1. The van der Waals surface area contributed by atoms with Gasteiger partial charge in [-0.2, -0.15) is 0 Å². The maximum atomic E-state index is 13.8. The van der Waals surface area contributed by atoms with Gasteiger partial charge in [-0.15, -0.1) is 0 Å². The first kappa shape index (κ1) is 15.8. The van der Waals surface area contributed by atoms with Gasteiger partial charge in [0.1, 0.15) is 5.82 Å². The molecule has 1 unspecified atom stereocenters. The standard InChI is InChI=1S/C17H25FN2O/c1-11(2)13-5-4-7-20(8-6-13)17(21)14-9-15(18)12(3)16(19)10-14/h9-11,13H,4-8,19H2,1-3H3. The summed E-state index contributed by atoms with van der Waals surface area (Å²) in [7, 11) is 0. The Bertz CT molecular complexity index is 505. The Morgan fingerprint density at radius 3 is 2.67 bits per heavy atom. The van der Waals surface area contributed by atoms with Crippen molar-refractivity contribution in [3.05, 3.63) is 29.1 Å². The lowest BCUT2D eigenvalue weighted by atomic mass is 9.89. The maximum absolute atomic E-state index is 13.8. The van der Waals surface area contributed by atoms with Crippen molar-refractivity contribution >= 4 is 11.6 Å². The molecule has 21 heavy (non-hydrogen) atoms. The van der Waals surface area contributed by atoms with Crippen LogP contribution in [0.2, 0.25) is 0 Å². The summed E-state index contributed by atoms with van der Waals surface area (Å²) >= 11 is 0. The van der Waals surface area contributed by atoms with Crippen molar-refractivity contribution < 1.29 is 9.18 Å². The third-order valence-corrected chi connectivity index (χ3v) is 4.63. The van der Waals surface area contributed by atoms with Gasteiger partial charge in [0.05, 0.1) is 0 Å². The fourth-order valence-corrected chi connectivity index (χ4v) is 3.00. The predicted octanol–water partition coefficient (Wildman–Crippen LogP) is 3.61. The third kappa shape index (κ3) is 3.55. The lowest BCUT2D eigenvalue weighted by Gasteiger charge is -2.22. The van der Waals surface area contributed by atoms with Crippen LogP contribution in [-0.2, 0) is 0 Å². The number of carbonyl (C=O) groups is 1. The minimum absolute atomic E-state index is 0.106. The van der Waals surface area contributed by atoms with Crippen molar-refractivity contribution in [3.8, 4) is 0 Å². The Balaban J connectivity index is 2.13. The number of hydrogen-bond acceptors (Lipinski definition) is 2. The number of hydrogen-bond donors (Lipinski definition) is 1. The van der Waals surface area contributed by atoms with Crippen LogP contribution < -0.4 is 5.73 Å². The van der Waals surface area contributed by atoms with E-state index in [-0.39, 0.29) is 5.91 Å². The van der Waals surface area contributed by atoms with E-state index in [1.54, 1.807) is 13.0 Å². The number of carbonyl (C=O) groups excluding carboxylic acids is 1. The Morgan fingerprint density at radius 1 is 1.33 bits per heavy atom. The summed E-state index contributed by atoms with van der Waals surface area (Å²) < 4.78 is 13.8. The van der Waals surface area contributed by atoms with Crippen LogP contribution in [-0.4, -0.2) is 23.9 Å². The molecule has 0 spiro atoms. The maximum Gasteiger partial charge on any atom is 0.254 e. The van der Waals surface area contributed by atoms with Gasteiger partial charge in [0.2, 0.25) is 0 Å². The summed E-state index contributed by atoms with van der Waals surface area (Å²) in [6, 6.07) is 2.89. The largest absolute Gasteiger partial charge is 0.398 e. The number of likely N-dealkylation sites (tertiary alicyclic amines) is 1. The van der Waals surface area contributed by atoms with E-state index in [1.807, 2.05) is 4.90 Å². The van der Waals surface area contributed by atoms with Crippen LogP contribution in [0.3, 0.4) is 0 Å². The van der Waals surface area contributed by atoms with Crippen LogP contribution in [0.25, 0.3) is 0 Å². The molecular formula is C17H25FN2O. The van der Waals surface area contributed by atoms with Crippen LogP contribution in [0.4, 0.5) is 10.1 Å². The highest BCUT2D eigenvalue weighted by molar-refractivity contribution is 5.95. The smallest absolute Gasteiger partial charge is 0.254 e. The number of anilines is 1. The Hall–Kier alpha value is -1.58. The molecule has 0 saturated carbocycles. The van der Waals surface area contributed by atoms with Crippen LogP contribution in [0.15, 0.2) is 12.1 Å². The molecule has 1 heterocycles. The third-order valence-electron chi connectivity index (χ3n) is 4.63. The summed E-state index contributed by atoms with van der Waals surface area (Å²) in [4.78, 5) is 14.4. The monoisotopic (exact) mass is 292 g/mol. The molecule has 1 saturated heterocycles. The first-order valence-electron chi connectivity index (χ1n) is 7.75. The molecule has 0 aliphatic carbocycles. The van der Waals surface area contributed by atoms with Crippen LogP contribution >= 0.6 is 0 Å². The topological polar surface area (TPSA) is 46.3 Å². The van der Waals surface area contributed by atoms with Crippen molar-refractivity contribution in [2.24, 2.45) is 11.8 Å². The number of halogens is 1. The molecule has 4 heteroatoms. The molecule has 0 radical (unpaired) electrons. The normalized spacial score (nSPS) is 19.7. The van der Waals surface area contributed by atoms with Gasteiger partial charge in [0.25, 0.3) is 5.91 Å². The Labute approximate surface area is 126 Å². The van der Waals surface area contributed by atoms with Crippen LogP contribution in [0.5, 0.6) is 0 Å². The van der Waals surface area contributed by atoms with E-state index in [9.17, 15) is 9.18 Å². The predicted molar refractivity (Wildman–Crippen MR) is 83.6 cm³/mol. The highest BCUT2D eigenvalue weighted by Gasteiger charge is 2.23. The van der Waals surface area contributed by atoms with Crippen LogP contribution in [0, 0.1) is 24.6 Å². The Morgan fingerprint density at radius 2 is 2.05 bits per heavy atom. The molecule has 3 nitrogen and oxygen atoms in total. The summed E-state index contributed by atoms with van der Waals surface area (Å²) in [6.45, 7) is 7.59. The van der Waals surface area contributed by atoms with Gasteiger partial charge in [-0.05, 0) is 50.2 Å². The molecular weight excluding hydrogens is 267 g/mol. The molecule has 0 bridgehead atoms. The first-order chi connectivity index (χ1) is 9.90. The second kappa shape index (κ2) is 6.46. The summed E-state index contributed by atoms with van der Waals surface area (Å²) in [6.07, 6.45) is 3.19. The van der Waals surface area contributed by atoms with Gasteiger partial charge in [-0.3, -0.25) is 4.79 Å². The van der Waals surface area contributed by atoms with E-state index < -0.39 is 5.82 Å². The number of rotatable bonds is 2. The van der Waals surface area contributed by atoms with E-state index in [0.29, 0.717) is 28.7 Å². The summed E-state index contributed by atoms with van der Waals surface area (Å²) in [5, 5.41) is 0. The van der Waals surface area contributed by atoms with Gasteiger partial charge < -0.3 is 10.6 Å².